The van der Waals surface area contributed by atoms with Gasteiger partial charge in [-0.3, -0.25) is 24.0 Å². The standard InChI is InChI=1S/C52H66N8O7/c1-8-40-47(32(3)57-49(58-40)34-12-15-37(16-13-34)52(4,5)6)43(62)30-36(19-21-54)51(65)60(7)48-35-14-18-46(67-25-23-56)39(29-35)38-27-33(11-17-45(38)66-24-22-55)28-41(42(61)10-9-20-53)59-50(64)31(2)26-44(48)63/h11-18,27,29,31,36,41,48H,8-10,19,21-26,28,30,54-56H2,1-7H3,(H,59,64)/t31-,36-,41+,48+/m1/s1. The first kappa shape index (κ1) is 51.6. The van der Waals surface area contributed by atoms with Crippen molar-refractivity contribution in [3.05, 3.63) is 94.3 Å². The maximum Gasteiger partial charge on any atom is 0.226 e. The molecule has 0 radical (unpaired) electrons. The molecule has 15 nitrogen and oxygen atoms in total. The van der Waals surface area contributed by atoms with Crippen molar-refractivity contribution in [3.8, 4) is 40.1 Å². The fourth-order valence-electron chi connectivity index (χ4n) is 8.47. The van der Waals surface area contributed by atoms with Gasteiger partial charge in [-0.1, -0.05) is 71.0 Å². The van der Waals surface area contributed by atoms with E-state index in [-0.39, 0.29) is 88.4 Å². The third kappa shape index (κ3) is 12.8. The van der Waals surface area contributed by atoms with Gasteiger partial charge < -0.3 is 36.9 Å². The Morgan fingerprint density at radius 2 is 1.55 bits per heavy atom. The highest BCUT2D eigenvalue weighted by Gasteiger charge is 2.37. The largest absolute Gasteiger partial charge is 0.492 e. The van der Waals surface area contributed by atoms with E-state index >= 15 is 0 Å². The Hall–Kier alpha value is -6.34. The number of carbonyl (C=O) groups is 5. The molecular weight excluding hydrogens is 849 g/mol. The average molecular weight is 915 g/mol. The molecule has 0 fully saturated rings. The van der Waals surface area contributed by atoms with Gasteiger partial charge in [-0.15, -0.1) is 0 Å². The number of rotatable bonds is 18. The van der Waals surface area contributed by atoms with Crippen LogP contribution in [-0.2, 0) is 37.4 Å². The van der Waals surface area contributed by atoms with Crippen molar-refractivity contribution in [2.24, 2.45) is 29.0 Å². The van der Waals surface area contributed by atoms with Gasteiger partial charge >= 0.3 is 0 Å². The number of nitrogens with zero attached hydrogens (tertiary/aromatic N) is 4. The molecule has 4 aromatic rings. The highest BCUT2D eigenvalue weighted by molar-refractivity contribution is 6.01. The zero-order valence-corrected chi connectivity index (χ0v) is 39.9. The summed E-state index contributed by atoms with van der Waals surface area (Å²) in [6, 6.07) is 18.3. The Kier molecular flexibility index (Phi) is 18.0. The molecule has 0 spiro atoms. The molecule has 0 saturated carbocycles. The molecule has 1 aliphatic heterocycles. The van der Waals surface area contributed by atoms with Crippen molar-refractivity contribution in [1.82, 2.24) is 20.2 Å². The van der Waals surface area contributed by atoms with Gasteiger partial charge in [0.1, 0.15) is 30.8 Å². The number of Topliss-reactive ketones (excluding diaryl/α,β-unsaturated/α-hetero) is 3. The van der Waals surface area contributed by atoms with Gasteiger partial charge in [-0.2, -0.15) is 5.26 Å². The first-order valence-electron chi connectivity index (χ1n) is 23.1. The second-order valence-corrected chi connectivity index (χ2v) is 18.2. The molecule has 0 saturated heterocycles. The lowest BCUT2D eigenvalue weighted by atomic mass is 9.86. The van der Waals surface area contributed by atoms with Crippen LogP contribution in [-0.4, -0.2) is 90.0 Å². The summed E-state index contributed by atoms with van der Waals surface area (Å²) in [6.45, 7) is 12.6. The van der Waals surface area contributed by atoms with Gasteiger partial charge in [-0.25, -0.2) is 9.97 Å². The maximum atomic E-state index is 14.9. The molecule has 4 atom stereocenters. The van der Waals surface area contributed by atoms with Crippen LogP contribution in [0, 0.1) is 30.1 Å². The predicted molar refractivity (Wildman–Crippen MR) is 257 cm³/mol. The Labute approximate surface area is 394 Å². The summed E-state index contributed by atoms with van der Waals surface area (Å²) < 4.78 is 12.3. The van der Waals surface area contributed by atoms with Crippen LogP contribution in [0.2, 0.25) is 0 Å². The Morgan fingerprint density at radius 3 is 2.15 bits per heavy atom. The quantitative estimate of drug-likeness (QED) is 0.0851. The molecule has 1 aromatic heterocycles. The summed E-state index contributed by atoms with van der Waals surface area (Å²) in [7, 11) is 1.51. The number of nitriles is 1. The lowest BCUT2D eigenvalue weighted by molar-refractivity contribution is -0.142. The van der Waals surface area contributed by atoms with E-state index in [0.717, 1.165) is 5.56 Å². The summed E-state index contributed by atoms with van der Waals surface area (Å²) in [6.07, 6.45) is 0.0537. The number of ketones is 3. The summed E-state index contributed by atoms with van der Waals surface area (Å²) in [5, 5.41) is 12.1. The van der Waals surface area contributed by atoms with Crippen LogP contribution >= 0.6 is 0 Å². The zero-order valence-electron chi connectivity index (χ0n) is 39.9. The number of aromatic nitrogens is 2. The van der Waals surface area contributed by atoms with Crippen molar-refractivity contribution in [3.63, 3.8) is 0 Å². The number of likely N-dealkylation sites (N-methyl/N-ethyl adjacent to an activating group) is 1. The van der Waals surface area contributed by atoms with Gasteiger partial charge in [0.25, 0.3) is 0 Å². The summed E-state index contributed by atoms with van der Waals surface area (Å²) in [5.74, 6) is -2.64. The van der Waals surface area contributed by atoms with Crippen LogP contribution in [0.3, 0.4) is 0 Å². The molecule has 3 aromatic carbocycles. The van der Waals surface area contributed by atoms with Crippen LogP contribution in [0.15, 0.2) is 60.7 Å². The van der Waals surface area contributed by atoms with E-state index in [0.29, 0.717) is 62.9 Å². The molecule has 5 rings (SSSR count). The summed E-state index contributed by atoms with van der Waals surface area (Å²) in [5.41, 5.74) is 23.4. The number of amides is 2. The summed E-state index contributed by atoms with van der Waals surface area (Å²) in [4.78, 5) is 82.4. The molecule has 4 bridgehead atoms. The zero-order chi connectivity index (χ0) is 49.0. The van der Waals surface area contributed by atoms with Crippen molar-refractivity contribution < 1.29 is 33.4 Å². The van der Waals surface area contributed by atoms with Gasteiger partial charge in [0, 0.05) is 74.3 Å². The molecule has 2 heterocycles. The van der Waals surface area contributed by atoms with Gasteiger partial charge in [-0.05, 0) is 79.1 Å². The fourth-order valence-corrected chi connectivity index (χ4v) is 8.47. The highest BCUT2D eigenvalue weighted by atomic mass is 16.5. The van der Waals surface area contributed by atoms with Crippen molar-refractivity contribution in [2.45, 2.75) is 104 Å². The molecule has 0 aliphatic carbocycles. The fraction of sp³-hybridized carbons (Fsp3) is 0.462. The third-order valence-electron chi connectivity index (χ3n) is 12.1. The van der Waals surface area contributed by atoms with E-state index in [4.69, 9.17) is 36.6 Å². The third-order valence-corrected chi connectivity index (χ3v) is 12.1. The van der Waals surface area contributed by atoms with Crippen molar-refractivity contribution in [2.75, 3.05) is 39.9 Å². The van der Waals surface area contributed by atoms with Crippen LogP contribution in [0.4, 0.5) is 0 Å². The van der Waals surface area contributed by atoms with E-state index in [1.54, 1.807) is 44.2 Å². The van der Waals surface area contributed by atoms with Crippen molar-refractivity contribution in [1.29, 1.82) is 5.26 Å². The number of nitrogens with two attached hydrogens (primary N) is 3. The van der Waals surface area contributed by atoms with E-state index < -0.39 is 41.5 Å². The van der Waals surface area contributed by atoms with E-state index in [9.17, 15) is 29.2 Å². The highest BCUT2D eigenvalue weighted by Crippen LogP contribution is 2.41. The maximum absolute atomic E-state index is 14.9. The Bertz CT molecular complexity index is 2480. The lowest BCUT2D eigenvalue weighted by Gasteiger charge is -2.32. The molecule has 2 amide bonds. The number of hydrogen-bond acceptors (Lipinski definition) is 13. The minimum atomic E-state index is -1.24. The van der Waals surface area contributed by atoms with Gasteiger partial charge in [0.05, 0.1) is 29.1 Å². The minimum absolute atomic E-state index is 0.0316. The molecule has 15 heteroatoms. The average Bonchev–Trinajstić information content (AvgIpc) is 3.30. The minimum Gasteiger partial charge on any atom is -0.492 e. The molecule has 7 N–H and O–H groups in total. The van der Waals surface area contributed by atoms with Gasteiger partial charge in [0.15, 0.2) is 23.2 Å². The topological polar surface area (TPSA) is 247 Å². The lowest BCUT2D eigenvalue weighted by Crippen LogP contribution is -2.46. The Balaban J connectivity index is 1.58. The normalized spacial score (nSPS) is 16.8. The van der Waals surface area contributed by atoms with Crippen molar-refractivity contribution >= 4 is 29.2 Å². The molecule has 0 unspecified atom stereocenters. The first-order chi connectivity index (χ1) is 31.9. The number of benzene rings is 3. The summed E-state index contributed by atoms with van der Waals surface area (Å²) >= 11 is 0. The number of nitrogens with one attached hydrogen (secondary N) is 1. The molecular formula is C52H66N8O7. The van der Waals surface area contributed by atoms with E-state index in [1.165, 1.54) is 17.5 Å². The predicted octanol–water partition coefficient (Wildman–Crippen LogP) is 5.90. The van der Waals surface area contributed by atoms with Gasteiger partial charge in [0.2, 0.25) is 11.8 Å². The first-order valence-corrected chi connectivity index (χ1v) is 23.1. The van der Waals surface area contributed by atoms with Crippen LogP contribution in [0.25, 0.3) is 22.5 Å². The van der Waals surface area contributed by atoms with Crippen LogP contribution in [0.5, 0.6) is 11.5 Å². The number of hydrogen-bond donors (Lipinski definition) is 4. The Morgan fingerprint density at radius 1 is 0.910 bits per heavy atom. The number of aryl methyl sites for hydroxylation is 2. The second kappa shape index (κ2) is 23.4. The van der Waals surface area contributed by atoms with Crippen LogP contribution in [0.1, 0.15) is 111 Å². The van der Waals surface area contributed by atoms with E-state index in [2.05, 4.69) is 38.2 Å². The molecule has 67 heavy (non-hydrogen) atoms. The SMILES string of the molecule is CCc1nc(-c2ccc(C(C)(C)C)cc2)nc(C)c1C(=O)C[C@@H](CCN)C(=O)N(C)[C@@H]1C(=O)C[C@@H](C)C(=O)N[C@H](C(=O)CCC#N)Cc2ccc(OCCN)c(c2)-c2cc1ccc2OCCN. The smallest absolute Gasteiger partial charge is 0.226 e. The monoisotopic (exact) mass is 915 g/mol. The number of carbonyl (C=O) groups excluding carboxylic acids is 5. The van der Waals surface area contributed by atoms with Crippen LogP contribution < -0.4 is 32.0 Å². The molecule has 356 valence electrons. The molecule has 1 aliphatic rings. The number of fused-ring (bicyclic) bond motifs is 5. The second-order valence-electron chi connectivity index (χ2n) is 18.2. The number of ether oxygens (including phenoxy) is 2. The van der Waals surface area contributed by atoms with E-state index in [1.807, 2.05) is 31.2 Å².